The summed E-state index contributed by atoms with van der Waals surface area (Å²) in [6.45, 7) is 5.35. The summed E-state index contributed by atoms with van der Waals surface area (Å²) >= 11 is 0. The third-order valence-corrected chi connectivity index (χ3v) is 5.90. The van der Waals surface area contributed by atoms with Crippen LogP contribution in [0.5, 0.6) is 17.2 Å². The molecule has 2 N–H and O–H groups in total. The van der Waals surface area contributed by atoms with Gasteiger partial charge in [-0.05, 0) is 61.1 Å². The van der Waals surface area contributed by atoms with Gasteiger partial charge in [0.05, 0.1) is 33.1 Å². The lowest BCUT2D eigenvalue weighted by molar-refractivity contribution is -0.119. The minimum atomic E-state index is -0.326. The maximum atomic E-state index is 13.2. The van der Waals surface area contributed by atoms with Gasteiger partial charge >= 0.3 is 0 Å². The normalized spacial score (nSPS) is 14.3. The summed E-state index contributed by atoms with van der Waals surface area (Å²) < 4.78 is 22.3. The Kier molecular flexibility index (Phi) is 8.76. The van der Waals surface area contributed by atoms with Gasteiger partial charge in [0.15, 0.2) is 11.5 Å². The van der Waals surface area contributed by atoms with Gasteiger partial charge in [-0.25, -0.2) is 0 Å². The zero-order valence-corrected chi connectivity index (χ0v) is 20.6. The van der Waals surface area contributed by atoms with Crippen LogP contribution in [0.25, 0.3) is 11.1 Å². The van der Waals surface area contributed by atoms with Crippen molar-refractivity contribution in [1.82, 2.24) is 5.32 Å². The molecule has 0 spiro atoms. The molecule has 3 rings (SSSR count). The van der Waals surface area contributed by atoms with E-state index in [1.807, 2.05) is 19.1 Å². The first kappa shape index (κ1) is 25.4. The summed E-state index contributed by atoms with van der Waals surface area (Å²) in [4.78, 5) is 25.2. The Morgan fingerprint density at radius 3 is 2.50 bits per heavy atom. The Bertz CT molecular complexity index is 1090. The summed E-state index contributed by atoms with van der Waals surface area (Å²) in [6.07, 6.45) is 2.07. The monoisotopic (exact) mass is 470 g/mol. The Hall–Kier alpha value is -3.26. The number of hydrogen-bond acceptors (Lipinski definition) is 7. The highest BCUT2D eigenvalue weighted by molar-refractivity contribution is 5.83. The first-order valence-corrected chi connectivity index (χ1v) is 11.5. The van der Waals surface area contributed by atoms with Gasteiger partial charge in [0.25, 0.3) is 0 Å². The molecule has 184 valence electrons. The number of rotatable bonds is 10. The summed E-state index contributed by atoms with van der Waals surface area (Å²) in [7, 11) is 4.73. The molecule has 8 nitrogen and oxygen atoms in total. The highest BCUT2D eigenvalue weighted by Crippen LogP contribution is 2.50. The Labute approximate surface area is 200 Å². The molecule has 1 aliphatic carbocycles. The van der Waals surface area contributed by atoms with E-state index in [-0.39, 0.29) is 17.4 Å². The molecule has 0 saturated heterocycles. The number of fused-ring (bicyclic) bond motifs is 3. The van der Waals surface area contributed by atoms with Crippen molar-refractivity contribution in [3.63, 3.8) is 0 Å². The molecule has 1 aliphatic rings. The number of carbonyl (C=O) groups is 1. The molecular weight excluding hydrogens is 436 g/mol. The van der Waals surface area contributed by atoms with Crippen LogP contribution in [0.1, 0.15) is 43.9 Å². The SMILES string of the molecule is CCOCCCNc1ccc2c(cc1=O)[C@@H](NC(C)=O)CCc1cc(OC)c(OC)c(OC)c1-2. The number of carbonyl (C=O) groups excluding carboxylic acids is 1. The van der Waals surface area contributed by atoms with E-state index in [0.29, 0.717) is 55.5 Å². The smallest absolute Gasteiger partial charge is 0.217 e. The maximum Gasteiger partial charge on any atom is 0.217 e. The first-order chi connectivity index (χ1) is 16.4. The van der Waals surface area contributed by atoms with Crippen LogP contribution in [0.2, 0.25) is 0 Å². The highest BCUT2D eigenvalue weighted by atomic mass is 16.5. The summed E-state index contributed by atoms with van der Waals surface area (Å²) in [5.74, 6) is 1.43. The van der Waals surface area contributed by atoms with Gasteiger partial charge in [-0.2, -0.15) is 0 Å². The standard InChI is InChI=1S/C26H34N2O6/c1-6-34-13-7-12-27-21-11-9-18-19(15-22(21)30)20(28-16(2)29)10-8-17-14-23(31-3)25(32-4)26(33-5)24(17)18/h9,11,14-15,20H,6-8,10,12-13H2,1-5H3,(H,27,30)(H,28,29)/t20-/m0/s1. The van der Waals surface area contributed by atoms with Crippen LogP contribution in [-0.2, 0) is 16.0 Å². The van der Waals surface area contributed by atoms with E-state index in [0.717, 1.165) is 28.7 Å². The van der Waals surface area contributed by atoms with Crippen LogP contribution in [-0.4, -0.2) is 47.0 Å². The molecular formula is C26H34N2O6. The van der Waals surface area contributed by atoms with Crippen LogP contribution in [0.4, 0.5) is 5.69 Å². The first-order valence-electron chi connectivity index (χ1n) is 11.5. The number of amides is 1. The molecule has 1 atom stereocenters. The van der Waals surface area contributed by atoms with E-state index in [1.54, 1.807) is 33.5 Å². The second-order valence-corrected chi connectivity index (χ2v) is 8.07. The average Bonchev–Trinajstić information content (AvgIpc) is 3.06. The van der Waals surface area contributed by atoms with Crippen LogP contribution in [0.3, 0.4) is 0 Å². The second kappa shape index (κ2) is 11.7. The van der Waals surface area contributed by atoms with Crippen molar-refractivity contribution in [1.29, 1.82) is 0 Å². The molecule has 0 saturated carbocycles. The van der Waals surface area contributed by atoms with Crippen molar-refractivity contribution in [2.24, 2.45) is 0 Å². The Morgan fingerprint density at radius 2 is 1.85 bits per heavy atom. The van der Waals surface area contributed by atoms with E-state index >= 15 is 0 Å². The van der Waals surface area contributed by atoms with Gasteiger partial charge in [-0.15, -0.1) is 0 Å². The van der Waals surface area contributed by atoms with Gasteiger partial charge in [0.1, 0.15) is 0 Å². The number of aryl methyl sites for hydroxylation is 1. The van der Waals surface area contributed by atoms with Crippen LogP contribution < -0.4 is 30.3 Å². The molecule has 0 aliphatic heterocycles. The van der Waals surface area contributed by atoms with E-state index in [9.17, 15) is 9.59 Å². The third-order valence-electron chi connectivity index (χ3n) is 5.90. The largest absolute Gasteiger partial charge is 0.493 e. The molecule has 0 unspecified atom stereocenters. The molecule has 1 amide bonds. The lowest BCUT2D eigenvalue weighted by Crippen LogP contribution is -2.26. The fourth-order valence-electron chi connectivity index (χ4n) is 4.40. The Morgan fingerprint density at radius 1 is 1.09 bits per heavy atom. The second-order valence-electron chi connectivity index (χ2n) is 8.07. The fourth-order valence-corrected chi connectivity index (χ4v) is 4.40. The quantitative estimate of drug-likeness (QED) is 0.511. The van der Waals surface area contributed by atoms with E-state index < -0.39 is 0 Å². The van der Waals surface area contributed by atoms with Crippen LogP contribution >= 0.6 is 0 Å². The molecule has 2 aromatic carbocycles. The third kappa shape index (κ3) is 5.44. The molecule has 0 aromatic heterocycles. The van der Waals surface area contributed by atoms with Crippen molar-refractivity contribution in [3.05, 3.63) is 45.6 Å². The maximum absolute atomic E-state index is 13.2. The fraction of sp³-hybridized carbons (Fsp3) is 0.462. The predicted octanol–water partition coefficient (Wildman–Crippen LogP) is 3.70. The molecule has 34 heavy (non-hydrogen) atoms. The molecule has 0 radical (unpaired) electrons. The number of anilines is 1. The van der Waals surface area contributed by atoms with Crippen molar-refractivity contribution < 1.29 is 23.7 Å². The number of ether oxygens (including phenoxy) is 4. The lowest BCUT2D eigenvalue weighted by Gasteiger charge is -2.19. The molecule has 0 fully saturated rings. The van der Waals surface area contributed by atoms with Crippen LogP contribution in [0.15, 0.2) is 29.1 Å². The van der Waals surface area contributed by atoms with Crippen molar-refractivity contribution in [2.45, 2.75) is 39.2 Å². The van der Waals surface area contributed by atoms with Gasteiger partial charge in [-0.1, -0.05) is 6.07 Å². The minimum absolute atomic E-state index is 0.143. The topological polar surface area (TPSA) is 95.1 Å². The van der Waals surface area contributed by atoms with E-state index in [1.165, 1.54) is 6.92 Å². The molecule has 8 heteroatoms. The highest BCUT2D eigenvalue weighted by Gasteiger charge is 2.29. The molecule has 0 bridgehead atoms. The predicted molar refractivity (Wildman–Crippen MR) is 132 cm³/mol. The number of benzene rings is 1. The zero-order chi connectivity index (χ0) is 24.7. The van der Waals surface area contributed by atoms with Crippen molar-refractivity contribution in [2.75, 3.05) is 46.4 Å². The summed E-state index contributed by atoms with van der Waals surface area (Å²) in [6, 6.07) is 6.93. The number of methoxy groups -OCH3 is 3. The number of nitrogens with one attached hydrogen (secondary N) is 2. The molecule has 0 heterocycles. The van der Waals surface area contributed by atoms with Crippen molar-refractivity contribution >= 4 is 11.6 Å². The number of hydrogen-bond donors (Lipinski definition) is 2. The van der Waals surface area contributed by atoms with E-state index in [2.05, 4.69) is 10.6 Å². The minimum Gasteiger partial charge on any atom is -0.493 e. The Balaban J connectivity index is 2.19. The van der Waals surface area contributed by atoms with E-state index in [4.69, 9.17) is 18.9 Å². The average molecular weight is 471 g/mol. The lowest BCUT2D eigenvalue weighted by atomic mass is 9.95. The van der Waals surface area contributed by atoms with Gasteiger partial charge < -0.3 is 29.6 Å². The summed E-state index contributed by atoms with van der Waals surface area (Å²) in [5.41, 5.74) is 3.73. The zero-order valence-electron chi connectivity index (χ0n) is 20.6. The summed E-state index contributed by atoms with van der Waals surface area (Å²) in [5, 5.41) is 6.24. The van der Waals surface area contributed by atoms with Gasteiger partial charge in [0.2, 0.25) is 17.1 Å². The van der Waals surface area contributed by atoms with Gasteiger partial charge in [-0.3, -0.25) is 9.59 Å². The van der Waals surface area contributed by atoms with Crippen molar-refractivity contribution in [3.8, 4) is 28.4 Å². The van der Waals surface area contributed by atoms with Gasteiger partial charge in [0, 0.05) is 32.2 Å². The van der Waals surface area contributed by atoms with Crippen LogP contribution in [0, 0.1) is 0 Å². The molecule has 2 aromatic rings.